The molecule has 5 rings (SSSR count). The van der Waals surface area contributed by atoms with Gasteiger partial charge < -0.3 is 9.47 Å². The minimum absolute atomic E-state index is 0.113. The summed E-state index contributed by atoms with van der Waals surface area (Å²) in [7, 11) is 2.10. The largest absolute Gasteiger partial charge is 0.338 e. The van der Waals surface area contributed by atoms with Gasteiger partial charge in [-0.2, -0.15) is 0 Å². The van der Waals surface area contributed by atoms with Crippen molar-refractivity contribution in [3.8, 4) is 11.4 Å². The van der Waals surface area contributed by atoms with E-state index >= 15 is 0 Å². The van der Waals surface area contributed by atoms with Gasteiger partial charge in [0.1, 0.15) is 11.6 Å². The van der Waals surface area contributed by atoms with Gasteiger partial charge >= 0.3 is 0 Å². The third-order valence-corrected chi connectivity index (χ3v) is 6.85. The number of rotatable bonds is 2. The topological polar surface area (TPSA) is 54.3 Å². The molecule has 0 saturated carbocycles. The number of carbonyl (C=O) groups excluding carboxylic acids is 1. The molecule has 0 N–H and O–H groups in total. The zero-order valence-corrected chi connectivity index (χ0v) is 17.0. The number of carbonyl (C=O) groups is 1. The zero-order chi connectivity index (χ0) is 20.0. The van der Waals surface area contributed by atoms with Crippen molar-refractivity contribution in [1.29, 1.82) is 0 Å². The highest BCUT2D eigenvalue weighted by molar-refractivity contribution is 7.12. The summed E-state index contributed by atoms with van der Waals surface area (Å²) in [6.07, 6.45) is 1.68. The van der Waals surface area contributed by atoms with Crippen LogP contribution < -0.4 is 0 Å². The van der Waals surface area contributed by atoms with E-state index in [1.54, 1.807) is 12.1 Å². The molecule has 0 bridgehead atoms. The third kappa shape index (κ3) is 3.16. The van der Waals surface area contributed by atoms with Gasteiger partial charge in [-0.25, -0.2) is 4.39 Å². The molecule has 1 spiro atoms. The van der Waals surface area contributed by atoms with Crippen molar-refractivity contribution in [3.63, 3.8) is 0 Å². The summed E-state index contributed by atoms with van der Waals surface area (Å²) >= 11 is 1.49. The molecule has 4 heterocycles. The Bertz CT molecular complexity index is 1020. The number of thiophene rings is 1. The fourth-order valence-electron chi connectivity index (χ4n) is 4.64. The Morgan fingerprint density at radius 1 is 1.14 bits per heavy atom. The van der Waals surface area contributed by atoms with Crippen LogP contribution in [0.1, 0.15) is 28.3 Å². The molecule has 6 nitrogen and oxygen atoms in total. The number of fused-ring (bicyclic) bond motifs is 2. The molecule has 2 aliphatic rings. The van der Waals surface area contributed by atoms with E-state index in [0.717, 1.165) is 48.0 Å². The van der Waals surface area contributed by atoms with Crippen LogP contribution in [0, 0.1) is 5.82 Å². The highest BCUT2D eigenvalue weighted by atomic mass is 32.1. The van der Waals surface area contributed by atoms with Gasteiger partial charge in [-0.1, -0.05) is 6.07 Å². The molecule has 8 heteroatoms. The van der Waals surface area contributed by atoms with Crippen LogP contribution in [-0.2, 0) is 12.1 Å². The molecule has 0 atom stereocenters. The number of likely N-dealkylation sites (tertiary alicyclic amines) is 1. The van der Waals surface area contributed by atoms with Crippen LogP contribution in [0.4, 0.5) is 4.39 Å². The van der Waals surface area contributed by atoms with E-state index in [-0.39, 0.29) is 17.3 Å². The molecule has 2 aromatic heterocycles. The minimum atomic E-state index is -0.262. The molecule has 0 radical (unpaired) electrons. The first-order chi connectivity index (χ1) is 14.1. The summed E-state index contributed by atoms with van der Waals surface area (Å²) in [5.74, 6) is 1.56. The normalized spacial score (nSPS) is 18.8. The van der Waals surface area contributed by atoms with E-state index in [0.29, 0.717) is 13.1 Å². The van der Waals surface area contributed by atoms with Crippen molar-refractivity contribution < 1.29 is 9.18 Å². The van der Waals surface area contributed by atoms with Gasteiger partial charge in [0.05, 0.1) is 17.0 Å². The van der Waals surface area contributed by atoms with Gasteiger partial charge in [-0.05, 0) is 55.6 Å². The van der Waals surface area contributed by atoms with Gasteiger partial charge in [0.25, 0.3) is 5.91 Å². The molecular weight excluding hydrogens is 389 g/mol. The van der Waals surface area contributed by atoms with E-state index in [1.165, 1.54) is 23.5 Å². The minimum Gasteiger partial charge on any atom is -0.338 e. The van der Waals surface area contributed by atoms with Crippen molar-refractivity contribution in [2.75, 3.05) is 26.7 Å². The number of hydrogen-bond donors (Lipinski definition) is 0. The summed E-state index contributed by atoms with van der Waals surface area (Å²) in [6.45, 7) is 3.01. The van der Waals surface area contributed by atoms with Crippen molar-refractivity contribution in [2.45, 2.75) is 24.9 Å². The van der Waals surface area contributed by atoms with Gasteiger partial charge in [0.15, 0.2) is 5.82 Å². The lowest BCUT2D eigenvalue weighted by molar-refractivity contribution is 0.0413. The highest BCUT2D eigenvalue weighted by Gasteiger charge is 2.44. The van der Waals surface area contributed by atoms with E-state index in [1.807, 2.05) is 22.4 Å². The Morgan fingerprint density at radius 3 is 2.59 bits per heavy atom. The van der Waals surface area contributed by atoms with Crippen LogP contribution in [0.5, 0.6) is 0 Å². The van der Waals surface area contributed by atoms with E-state index in [9.17, 15) is 9.18 Å². The molecule has 1 saturated heterocycles. The SMILES string of the molecule is CN1Cc2nnc(-c3ccc(F)cc3)n2C2(CCN(C(=O)c3cccs3)CC2)C1. The molecular formula is C21H22FN5OS. The second-order valence-corrected chi connectivity index (χ2v) is 8.90. The van der Waals surface area contributed by atoms with Gasteiger partial charge in [0.2, 0.25) is 0 Å². The van der Waals surface area contributed by atoms with Crippen molar-refractivity contribution in [2.24, 2.45) is 0 Å². The Hall–Kier alpha value is -2.58. The summed E-state index contributed by atoms with van der Waals surface area (Å²) in [5.41, 5.74) is 0.702. The fraction of sp³-hybridized carbons (Fsp3) is 0.381. The Morgan fingerprint density at radius 2 is 1.90 bits per heavy atom. The van der Waals surface area contributed by atoms with Crippen LogP contribution in [0.15, 0.2) is 41.8 Å². The molecule has 1 amide bonds. The number of aromatic nitrogens is 3. The molecule has 150 valence electrons. The zero-order valence-electron chi connectivity index (χ0n) is 16.2. The molecule has 29 heavy (non-hydrogen) atoms. The molecule has 3 aromatic rings. The lowest BCUT2D eigenvalue weighted by Crippen LogP contribution is -2.56. The smallest absolute Gasteiger partial charge is 0.263 e. The molecule has 0 unspecified atom stereocenters. The summed E-state index contributed by atoms with van der Waals surface area (Å²) in [5, 5.41) is 10.8. The predicted molar refractivity (Wildman–Crippen MR) is 109 cm³/mol. The van der Waals surface area contributed by atoms with Crippen molar-refractivity contribution >= 4 is 17.2 Å². The maximum Gasteiger partial charge on any atom is 0.263 e. The maximum atomic E-state index is 13.4. The average molecular weight is 412 g/mol. The van der Waals surface area contributed by atoms with E-state index in [2.05, 4.69) is 26.7 Å². The van der Waals surface area contributed by atoms with E-state index in [4.69, 9.17) is 0 Å². The third-order valence-electron chi connectivity index (χ3n) is 6.00. The first-order valence-electron chi connectivity index (χ1n) is 9.78. The number of benzene rings is 1. The maximum absolute atomic E-state index is 13.4. The van der Waals surface area contributed by atoms with Gasteiger partial charge in [-0.15, -0.1) is 21.5 Å². The fourth-order valence-corrected chi connectivity index (χ4v) is 5.33. The second-order valence-electron chi connectivity index (χ2n) is 7.95. The Balaban J connectivity index is 1.47. The first-order valence-corrected chi connectivity index (χ1v) is 10.7. The average Bonchev–Trinajstić information content (AvgIpc) is 3.39. The van der Waals surface area contributed by atoms with Crippen LogP contribution in [0.3, 0.4) is 0 Å². The summed E-state index contributed by atoms with van der Waals surface area (Å²) in [4.78, 5) is 17.8. The molecule has 1 aromatic carbocycles. The first kappa shape index (κ1) is 18.4. The van der Waals surface area contributed by atoms with Crippen LogP contribution in [0.2, 0.25) is 0 Å². The van der Waals surface area contributed by atoms with Crippen molar-refractivity contribution in [1.82, 2.24) is 24.6 Å². The second kappa shape index (κ2) is 7.03. The number of amides is 1. The van der Waals surface area contributed by atoms with Crippen LogP contribution >= 0.6 is 11.3 Å². The standard InChI is InChI=1S/C21H22FN5OS/c1-25-13-18-23-24-19(15-4-6-16(22)7-5-15)27(18)21(14-25)8-10-26(11-9-21)20(28)17-3-2-12-29-17/h2-7,12H,8-11,13-14H2,1H3. The van der Waals surface area contributed by atoms with Crippen LogP contribution in [-0.4, -0.2) is 57.2 Å². The molecule has 1 fully saturated rings. The summed E-state index contributed by atoms with van der Waals surface area (Å²) < 4.78 is 15.7. The van der Waals surface area contributed by atoms with E-state index < -0.39 is 0 Å². The van der Waals surface area contributed by atoms with Crippen molar-refractivity contribution in [3.05, 3.63) is 58.3 Å². The number of piperidine rings is 1. The highest BCUT2D eigenvalue weighted by Crippen LogP contribution is 2.39. The number of nitrogens with zero attached hydrogens (tertiary/aromatic N) is 5. The Kier molecular flexibility index (Phi) is 4.48. The molecule has 2 aliphatic heterocycles. The number of likely N-dealkylation sites (N-methyl/N-ethyl adjacent to an activating group) is 1. The lowest BCUT2D eigenvalue weighted by atomic mass is 9.84. The predicted octanol–water partition coefficient (Wildman–Crippen LogP) is 3.22. The number of hydrogen-bond acceptors (Lipinski definition) is 5. The molecule has 0 aliphatic carbocycles. The number of halogens is 1. The monoisotopic (exact) mass is 411 g/mol. The van der Waals surface area contributed by atoms with Crippen LogP contribution in [0.25, 0.3) is 11.4 Å². The Labute approximate surface area is 172 Å². The van der Waals surface area contributed by atoms with Gasteiger partial charge in [0, 0.05) is 25.2 Å². The quantitative estimate of drug-likeness (QED) is 0.650. The lowest BCUT2D eigenvalue weighted by Gasteiger charge is -2.48. The van der Waals surface area contributed by atoms with Gasteiger partial charge in [-0.3, -0.25) is 9.69 Å². The summed E-state index contributed by atoms with van der Waals surface area (Å²) in [6, 6.07) is 10.2.